The summed E-state index contributed by atoms with van der Waals surface area (Å²) in [6, 6.07) is 0. The molecule has 0 saturated carbocycles. The van der Waals surface area contributed by atoms with E-state index in [0.717, 1.165) is 17.3 Å². The quantitative estimate of drug-likeness (QED) is 0.538. The minimum Gasteiger partial charge on any atom is -0.466 e. The molecule has 0 radical (unpaired) electrons. The molecule has 0 bridgehead atoms. The average molecular weight is 264 g/mol. The summed E-state index contributed by atoms with van der Waals surface area (Å²) in [5.41, 5.74) is 1.12. The number of carbonyl (C=O) groups excluding carboxylic acids is 1. The lowest BCUT2D eigenvalue weighted by Gasteiger charge is -2.21. The van der Waals surface area contributed by atoms with E-state index in [1.807, 2.05) is 13.0 Å². The van der Waals surface area contributed by atoms with Crippen LogP contribution in [0.15, 0.2) is 35.3 Å². The molecule has 2 unspecified atom stereocenters. The Labute approximate surface area is 116 Å². The molecule has 1 rings (SSSR count). The summed E-state index contributed by atoms with van der Waals surface area (Å²) in [6.07, 6.45) is 7.83. The normalized spacial score (nSPS) is 20.2. The zero-order valence-corrected chi connectivity index (χ0v) is 12.5. The monoisotopic (exact) mass is 264 g/mol. The highest BCUT2D eigenvalue weighted by atomic mass is 16.5. The molecule has 3 nitrogen and oxygen atoms in total. The third kappa shape index (κ3) is 4.93. The van der Waals surface area contributed by atoms with Crippen LogP contribution in [0.3, 0.4) is 0 Å². The standard InChI is InChI=1S/C16H24O3/c1-6-11(2)7-12(3)8-13(4)15-9-14(19-15)10-16(17)18-5/h8-12H,6-7H2,1-5H3. The molecular formula is C16H24O3. The lowest BCUT2D eigenvalue weighted by molar-refractivity contribution is -0.135. The van der Waals surface area contributed by atoms with Gasteiger partial charge >= 0.3 is 5.97 Å². The highest BCUT2D eigenvalue weighted by molar-refractivity contribution is 5.83. The van der Waals surface area contributed by atoms with E-state index in [9.17, 15) is 4.79 Å². The Morgan fingerprint density at radius 2 is 2.11 bits per heavy atom. The fraction of sp³-hybridized carbons (Fsp3) is 0.562. The first kappa shape index (κ1) is 15.5. The van der Waals surface area contributed by atoms with Gasteiger partial charge in [0.15, 0.2) is 0 Å². The van der Waals surface area contributed by atoms with Crippen molar-refractivity contribution in [1.29, 1.82) is 0 Å². The Morgan fingerprint density at radius 1 is 1.47 bits per heavy atom. The predicted octanol–water partition coefficient (Wildman–Crippen LogP) is 3.98. The van der Waals surface area contributed by atoms with E-state index in [0.29, 0.717) is 11.7 Å². The van der Waals surface area contributed by atoms with Gasteiger partial charge in [0.1, 0.15) is 11.5 Å². The second kappa shape index (κ2) is 7.17. The Bertz CT molecular complexity index is 416. The molecule has 1 aliphatic heterocycles. The zero-order valence-electron chi connectivity index (χ0n) is 12.5. The highest BCUT2D eigenvalue weighted by Gasteiger charge is 2.17. The smallest absolute Gasteiger partial charge is 0.334 e. The van der Waals surface area contributed by atoms with Crippen LogP contribution in [-0.2, 0) is 14.3 Å². The van der Waals surface area contributed by atoms with Crippen molar-refractivity contribution in [3.63, 3.8) is 0 Å². The molecule has 0 amide bonds. The summed E-state index contributed by atoms with van der Waals surface area (Å²) in [4.78, 5) is 11.0. The molecule has 3 heteroatoms. The first-order valence-corrected chi connectivity index (χ1v) is 6.84. The molecule has 106 valence electrons. The number of esters is 1. The third-order valence-corrected chi connectivity index (χ3v) is 3.36. The van der Waals surface area contributed by atoms with Crippen LogP contribution in [0, 0.1) is 11.8 Å². The molecule has 1 heterocycles. The van der Waals surface area contributed by atoms with Crippen molar-refractivity contribution < 1.29 is 14.3 Å². The van der Waals surface area contributed by atoms with Crippen LogP contribution in [0.4, 0.5) is 0 Å². The molecule has 0 N–H and O–H groups in total. The summed E-state index contributed by atoms with van der Waals surface area (Å²) in [5, 5.41) is 0. The van der Waals surface area contributed by atoms with Crippen molar-refractivity contribution in [3.05, 3.63) is 35.3 Å². The summed E-state index contributed by atoms with van der Waals surface area (Å²) in [5.74, 6) is 2.28. The van der Waals surface area contributed by atoms with Gasteiger partial charge in [0.25, 0.3) is 0 Å². The molecule has 0 fully saturated rings. The van der Waals surface area contributed by atoms with E-state index in [1.54, 1.807) is 0 Å². The van der Waals surface area contributed by atoms with Gasteiger partial charge in [0.2, 0.25) is 0 Å². The Morgan fingerprint density at radius 3 is 2.63 bits per heavy atom. The van der Waals surface area contributed by atoms with E-state index in [1.165, 1.54) is 26.0 Å². The molecule has 0 aliphatic carbocycles. The number of hydrogen-bond acceptors (Lipinski definition) is 3. The van der Waals surface area contributed by atoms with Crippen LogP contribution in [-0.4, -0.2) is 13.1 Å². The lowest BCUT2D eigenvalue weighted by Crippen LogP contribution is -2.09. The topological polar surface area (TPSA) is 35.5 Å². The number of carbonyl (C=O) groups is 1. The molecular weight excluding hydrogens is 240 g/mol. The van der Waals surface area contributed by atoms with Gasteiger partial charge in [0.05, 0.1) is 13.2 Å². The van der Waals surface area contributed by atoms with E-state index in [2.05, 4.69) is 31.6 Å². The van der Waals surface area contributed by atoms with Crippen molar-refractivity contribution in [3.8, 4) is 0 Å². The number of methoxy groups -OCH3 is 1. The van der Waals surface area contributed by atoms with E-state index >= 15 is 0 Å². The minimum absolute atomic E-state index is 0.392. The maximum absolute atomic E-state index is 11.0. The second-order valence-corrected chi connectivity index (χ2v) is 5.26. The van der Waals surface area contributed by atoms with Crippen molar-refractivity contribution in [2.24, 2.45) is 11.8 Å². The van der Waals surface area contributed by atoms with Crippen LogP contribution < -0.4 is 0 Å². The zero-order chi connectivity index (χ0) is 14.4. The van der Waals surface area contributed by atoms with Crippen molar-refractivity contribution in [1.82, 2.24) is 0 Å². The number of rotatable bonds is 6. The van der Waals surface area contributed by atoms with Gasteiger partial charge in [-0.1, -0.05) is 33.3 Å². The number of allylic oxidation sites excluding steroid dienone is 3. The fourth-order valence-corrected chi connectivity index (χ4v) is 2.08. The third-order valence-electron chi connectivity index (χ3n) is 3.36. The van der Waals surface area contributed by atoms with Gasteiger partial charge < -0.3 is 9.47 Å². The first-order chi connectivity index (χ1) is 8.96. The summed E-state index contributed by atoms with van der Waals surface area (Å²) >= 11 is 0. The van der Waals surface area contributed by atoms with Crippen LogP contribution >= 0.6 is 0 Å². The summed E-state index contributed by atoms with van der Waals surface area (Å²) in [6.45, 7) is 8.75. The fourth-order valence-electron chi connectivity index (χ4n) is 2.08. The van der Waals surface area contributed by atoms with Crippen molar-refractivity contribution in [2.75, 3.05) is 7.11 Å². The Hall–Kier alpha value is -1.51. The minimum atomic E-state index is -0.392. The molecule has 0 aromatic carbocycles. The second-order valence-electron chi connectivity index (χ2n) is 5.26. The van der Waals surface area contributed by atoms with Gasteiger partial charge in [-0.3, -0.25) is 0 Å². The Kier molecular flexibility index (Phi) is 5.87. The molecule has 19 heavy (non-hydrogen) atoms. The largest absolute Gasteiger partial charge is 0.466 e. The molecule has 0 aromatic heterocycles. The molecule has 2 atom stereocenters. The number of hydrogen-bond donors (Lipinski definition) is 0. The first-order valence-electron chi connectivity index (χ1n) is 6.84. The van der Waals surface area contributed by atoms with Gasteiger partial charge in [-0.25, -0.2) is 4.79 Å². The highest BCUT2D eigenvalue weighted by Crippen LogP contribution is 2.29. The van der Waals surface area contributed by atoms with Gasteiger partial charge in [-0.05, 0) is 30.8 Å². The lowest BCUT2D eigenvalue weighted by atomic mass is 9.93. The Balaban J connectivity index is 2.56. The molecule has 0 saturated heterocycles. The summed E-state index contributed by atoms with van der Waals surface area (Å²) < 4.78 is 9.99. The maximum atomic E-state index is 11.0. The van der Waals surface area contributed by atoms with E-state index in [4.69, 9.17) is 4.74 Å². The van der Waals surface area contributed by atoms with Crippen LogP contribution in [0.1, 0.15) is 40.5 Å². The molecule has 0 aromatic rings. The van der Waals surface area contributed by atoms with Crippen molar-refractivity contribution in [2.45, 2.75) is 40.5 Å². The number of ether oxygens (including phenoxy) is 2. The predicted molar refractivity (Wildman–Crippen MR) is 76.3 cm³/mol. The SMILES string of the molecule is CCC(C)CC(C)C=C(C)C1=CC(=CC(=O)OC)O1. The molecule has 0 spiro atoms. The summed E-state index contributed by atoms with van der Waals surface area (Å²) in [7, 11) is 1.35. The van der Waals surface area contributed by atoms with Crippen molar-refractivity contribution >= 4 is 5.97 Å². The maximum Gasteiger partial charge on any atom is 0.334 e. The van der Waals surface area contributed by atoms with E-state index in [-0.39, 0.29) is 0 Å². The van der Waals surface area contributed by atoms with Crippen LogP contribution in [0.25, 0.3) is 0 Å². The average Bonchev–Trinajstić information content (AvgIpc) is 2.31. The molecule has 1 aliphatic rings. The van der Waals surface area contributed by atoms with Gasteiger partial charge in [-0.15, -0.1) is 0 Å². The van der Waals surface area contributed by atoms with Crippen LogP contribution in [0.2, 0.25) is 0 Å². The van der Waals surface area contributed by atoms with E-state index < -0.39 is 5.97 Å². The van der Waals surface area contributed by atoms with Crippen LogP contribution in [0.5, 0.6) is 0 Å². The van der Waals surface area contributed by atoms with Gasteiger partial charge in [0, 0.05) is 6.08 Å². The van der Waals surface area contributed by atoms with Gasteiger partial charge in [-0.2, -0.15) is 0 Å².